The summed E-state index contributed by atoms with van der Waals surface area (Å²) in [5, 5.41) is 6.55. The SMILES string of the molecule is C#CCOc1ccc2ccccc2c1/C=N\NCc1ccccc1OC. The Hall–Kier alpha value is -3.45. The van der Waals surface area contributed by atoms with E-state index >= 15 is 0 Å². The van der Waals surface area contributed by atoms with Gasteiger partial charge in [0.15, 0.2) is 0 Å². The van der Waals surface area contributed by atoms with Gasteiger partial charge in [0, 0.05) is 11.1 Å². The Morgan fingerprint density at radius 2 is 1.85 bits per heavy atom. The molecule has 130 valence electrons. The van der Waals surface area contributed by atoms with E-state index in [0.29, 0.717) is 12.3 Å². The molecule has 0 amide bonds. The lowest BCUT2D eigenvalue weighted by molar-refractivity contribution is 0.370. The van der Waals surface area contributed by atoms with Gasteiger partial charge in [-0.15, -0.1) is 6.42 Å². The summed E-state index contributed by atoms with van der Waals surface area (Å²) in [6, 6.07) is 19.9. The Kier molecular flexibility index (Phi) is 5.74. The van der Waals surface area contributed by atoms with E-state index in [1.165, 1.54) is 0 Å². The van der Waals surface area contributed by atoms with E-state index in [0.717, 1.165) is 27.6 Å². The molecule has 0 unspecified atom stereocenters. The van der Waals surface area contributed by atoms with E-state index in [1.807, 2.05) is 54.6 Å². The Morgan fingerprint density at radius 3 is 2.69 bits per heavy atom. The Labute approximate surface area is 153 Å². The first-order chi connectivity index (χ1) is 12.8. The van der Waals surface area contributed by atoms with Crippen LogP contribution in [-0.4, -0.2) is 19.9 Å². The second-order valence-electron chi connectivity index (χ2n) is 5.60. The molecule has 0 radical (unpaired) electrons. The van der Waals surface area contributed by atoms with Crippen LogP contribution in [0.3, 0.4) is 0 Å². The maximum Gasteiger partial charge on any atom is 0.148 e. The number of fused-ring (bicyclic) bond motifs is 1. The second kappa shape index (κ2) is 8.59. The molecule has 26 heavy (non-hydrogen) atoms. The number of hydrogen-bond donors (Lipinski definition) is 1. The van der Waals surface area contributed by atoms with Gasteiger partial charge < -0.3 is 14.9 Å². The van der Waals surface area contributed by atoms with Crippen LogP contribution in [0.5, 0.6) is 11.5 Å². The highest BCUT2D eigenvalue weighted by Crippen LogP contribution is 2.26. The molecule has 3 aromatic carbocycles. The summed E-state index contributed by atoms with van der Waals surface area (Å²) in [5.41, 5.74) is 5.00. The molecule has 0 saturated carbocycles. The summed E-state index contributed by atoms with van der Waals surface area (Å²) >= 11 is 0. The van der Waals surface area contributed by atoms with Gasteiger partial charge in [0.05, 0.1) is 19.9 Å². The maximum absolute atomic E-state index is 5.67. The van der Waals surface area contributed by atoms with Crippen LogP contribution in [0.4, 0.5) is 0 Å². The largest absolute Gasteiger partial charge is 0.496 e. The minimum absolute atomic E-state index is 0.216. The minimum atomic E-state index is 0.216. The lowest BCUT2D eigenvalue weighted by Gasteiger charge is -2.10. The third kappa shape index (κ3) is 3.96. The summed E-state index contributed by atoms with van der Waals surface area (Å²) in [6.07, 6.45) is 7.09. The minimum Gasteiger partial charge on any atom is -0.496 e. The molecule has 0 aliphatic carbocycles. The van der Waals surface area contributed by atoms with Crippen LogP contribution in [0.1, 0.15) is 11.1 Å². The smallest absolute Gasteiger partial charge is 0.148 e. The van der Waals surface area contributed by atoms with Crippen molar-refractivity contribution in [3.63, 3.8) is 0 Å². The van der Waals surface area contributed by atoms with E-state index in [2.05, 4.69) is 22.5 Å². The molecule has 0 aromatic heterocycles. The lowest BCUT2D eigenvalue weighted by Crippen LogP contribution is -2.07. The molecule has 0 bridgehead atoms. The fraction of sp³-hybridized carbons (Fsp3) is 0.136. The fourth-order valence-corrected chi connectivity index (χ4v) is 2.74. The molecule has 0 aliphatic heterocycles. The van der Waals surface area contributed by atoms with Crippen LogP contribution in [0.25, 0.3) is 10.8 Å². The van der Waals surface area contributed by atoms with Gasteiger partial charge in [-0.05, 0) is 22.9 Å². The van der Waals surface area contributed by atoms with Crippen LogP contribution < -0.4 is 14.9 Å². The number of nitrogens with one attached hydrogen (secondary N) is 1. The zero-order valence-corrected chi connectivity index (χ0v) is 14.6. The standard InChI is InChI=1S/C22H20N2O2/c1-3-14-26-22-13-12-17-8-4-6-10-19(17)20(22)16-24-23-15-18-9-5-7-11-21(18)25-2/h1,4-13,16,23H,14-15H2,2H3/b24-16-. The van der Waals surface area contributed by atoms with Crippen molar-refractivity contribution in [3.05, 3.63) is 71.8 Å². The van der Waals surface area contributed by atoms with Crippen LogP contribution in [0.2, 0.25) is 0 Å². The molecule has 4 heteroatoms. The molecule has 0 fully saturated rings. The molecular weight excluding hydrogens is 324 g/mol. The molecule has 3 rings (SSSR count). The predicted octanol–water partition coefficient (Wildman–Crippen LogP) is 3.98. The molecule has 0 aliphatic rings. The average Bonchev–Trinajstić information content (AvgIpc) is 2.70. The normalized spacial score (nSPS) is 10.6. The second-order valence-corrected chi connectivity index (χ2v) is 5.60. The van der Waals surface area contributed by atoms with Crippen molar-refractivity contribution >= 4 is 17.0 Å². The van der Waals surface area contributed by atoms with E-state index in [-0.39, 0.29) is 6.61 Å². The van der Waals surface area contributed by atoms with Gasteiger partial charge in [0.25, 0.3) is 0 Å². The van der Waals surface area contributed by atoms with Gasteiger partial charge in [-0.1, -0.05) is 54.5 Å². The fourth-order valence-electron chi connectivity index (χ4n) is 2.74. The summed E-state index contributed by atoms with van der Waals surface area (Å²) in [5.74, 6) is 4.04. The number of nitrogens with zero attached hydrogens (tertiary/aromatic N) is 1. The van der Waals surface area contributed by atoms with Crippen molar-refractivity contribution in [1.29, 1.82) is 0 Å². The predicted molar refractivity (Wildman–Crippen MR) is 106 cm³/mol. The molecule has 1 N–H and O–H groups in total. The van der Waals surface area contributed by atoms with E-state index in [4.69, 9.17) is 15.9 Å². The van der Waals surface area contributed by atoms with Crippen LogP contribution in [0.15, 0.2) is 65.8 Å². The molecule has 0 atom stereocenters. The van der Waals surface area contributed by atoms with Crippen molar-refractivity contribution in [3.8, 4) is 23.8 Å². The van der Waals surface area contributed by atoms with Crippen molar-refractivity contribution in [2.24, 2.45) is 5.10 Å². The van der Waals surface area contributed by atoms with Crippen LogP contribution in [0, 0.1) is 12.3 Å². The van der Waals surface area contributed by atoms with Gasteiger partial charge in [-0.3, -0.25) is 0 Å². The summed E-state index contributed by atoms with van der Waals surface area (Å²) < 4.78 is 11.0. The highest BCUT2D eigenvalue weighted by atomic mass is 16.5. The lowest BCUT2D eigenvalue weighted by atomic mass is 10.0. The van der Waals surface area contributed by atoms with Gasteiger partial charge >= 0.3 is 0 Å². The quantitative estimate of drug-likeness (QED) is 0.400. The number of terminal acetylenes is 1. The highest BCUT2D eigenvalue weighted by Gasteiger charge is 2.07. The number of hydrazone groups is 1. The number of hydrogen-bond acceptors (Lipinski definition) is 4. The number of para-hydroxylation sites is 1. The zero-order chi connectivity index (χ0) is 18.2. The molecule has 4 nitrogen and oxygen atoms in total. The van der Waals surface area contributed by atoms with Gasteiger partial charge in [-0.2, -0.15) is 5.10 Å². The topological polar surface area (TPSA) is 42.8 Å². The van der Waals surface area contributed by atoms with Crippen LogP contribution in [-0.2, 0) is 6.54 Å². The Morgan fingerprint density at radius 1 is 1.04 bits per heavy atom. The number of ether oxygens (including phenoxy) is 2. The first-order valence-corrected chi connectivity index (χ1v) is 8.29. The number of rotatable bonds is 7. The van der Waals surface area contributed by atoms with E-state index < -0.39 is 0 Å². The van der Waals surface area contributed by atoms with Gasteiger partial charge in [0.1, 0.15) is 18.1 Å². The summed E-state index contributed by atoms with van der Waals surface area (Å²) in [7, 11) is 1.66. The van der Waals surface area contributed by atoms with Gasteiger partial charge in [-0.25, -0.2) is 0 Å². The maximum atomic E-state index is 5.67. The van der Waals surface area contributed by atoms with Crippen molar-refractivity contribution in [1.82, 2.24) is 5.43 Å². The Balaban J connectivity index is 1.82. The highest BCUT2D eigenvalue weighted by molar-refractivity contribution is 6.02. The number of methoxy groups -OCH3 is 1. The Bertz CT molecular complexity index is 958. The zero-order valence-electron chi connectivity index (χ0n) is 14.6. The summed E-state index contributed by atoms with van der Waals surface area (Å²) in [6.45, 7) is 0.777. The third-order valence-corrected chi connectivity index (χ3v) is 3.99. The van der Waals surface area contributed by atoms with Crippen molar-refractivity contribution in [2.75, 3.05) is 13.7 Å². The molecule has 0 spiro atoms. The van der Waals surface area contributed by atoms with Crippen molar-refractivity contribution in [2.45, 2.75) is 6.54 Å². The van der Waals surface area contributed by atoms with Crippen molar-refractivity contribution < 1.29 is 9.47 Å². The molecule has 0 heterocycles. The molecular formula is C22H20N2O2. The first-order valence-electron chi connectivity index (χ1n) is 8.29. The summed E-state index contributed by atoms with van der Waals surface area (Å²) in [4.78, 5) is 0. The third-order valence-electron chi connectivity index (χ3n) is 3.99. The van der Waals surface area contributed by atoms with E-state index in [9.17, 15) is 0 Å². The molecule has 3 aromatic rings. The van der Waals surface area contributed by atoms with Crippen LogP contribution >= 0.6 is 0 Å². The monoisotopic (exact) mass is 344 g/mol. The number of benzene rings is 3. The molecule has 0 saturated heterocycles. The first kappa shape index (κ1) is 17.4. The van der Waals surface area contributed by atoms with Gasteiger partial charge in [0.2, 0.25) is 0 Å². The van der Waals surface area contributed by atoms with E-state index in [1.54, 1.807) is 13.3 Å². The average molecular weight is 344 g/mol.